The van der Waals surface area contributed by atoms with Crippen molar-refractivity contribution in [2.75, 3.05) is 0 Å². The SMILES string of the molecule is O=S(=O)([N-]S(=O)(=O)C(F)(F)C(F)(F)F)C(F)(F)C(F)(F)F.O=S(=O)([N-]S(=O)(=O)C(F)(F)F)C(F)(F)F.O=S1(=O)[N-]S(=O)(=O)C(F)(F)C(F)(F)C1(F)F. The molecular weight excluding hydrogens is 952 g/mol. The maximum absolute atomic E-state index is 12.4. The van der Waals surface area contributed by atoms with Crippen LogP contribution < -0.4 is 0 Å². The Balaban J connectivity index is 0. The van der Waals surface area contributed by atoms with Crippen molar-refractivity contribution in [2.24, 2.45) is 0 Å². The largest absolute Gasteiger partial charge is 0.480 e. The summed E-state index contributed by atoms with van der Waals surface area (Å²) in [6.45, 7) is 0. The Labute approximate surface area is 270 Å². The first-order valence-corrected chi connectivity index (χ1v) is 18.1. The van der Waals surface area contributed by atoms with Crippen LogP contribution in [0.3, 0.4) is 0 Å². The maximum atomic E-state index is 12.4. The Morgan fingerprint density at radius 1 is 0.404 bits per heavy atom. The number of nitrogens with zero attached hydrogens (tertiary/aromatic N) is 3. The molecule has 0 N–H and O–H groups in total. The molecule has 0 radical (unpaired) electrons. The van der Waals surface area contributed by atoms with Gasteiger partial charge in [0.05, 0.1) is 0 Å². The van der Waals surface area contributed by atoms with Crippen molar-refractivity contribution in [1.82, 2.24) is 0 Å². The highest BCUT2D eigenvalue weighted by atomic mass is 32.3. The normalized spacial score (nSPS) is 21.1. The third-order valence-corrected chi connectivity index (χ3v) is 13.3. The minimum absolute atomic E-state index is 0.422. The van der Waals surface area contributed by atoms with Crippen LogP contribution in [0.2, 0.25) is 0 Å². The fourth-order valence-electron chi connectivity index (χ4n) is 1.45. The van der Waals surface area contributed by atoms with E-state index < -0.39 is 110 Å². The van der Waals surface area contributed by atoms with Crippen LogP contribution in [0.15, 0.2) is 0 Å². The van der Waals surface area contributed by atoms with Crippen molar-refractivity contribution in [1.29, 1.82) is 0 Å². The Morgan fingerprint density at radius 3 is 0.769 bits per heavy atom. The highest BCUT2D eigenvalue weighted by Gasteiger charge is 2.81. The van der Waals surface area contributed by atoms with Gasteiger partial charge in [-0.15, -0.1) is 0 Å². The van der Waals surface area contributed by atoms with Gasteiger partial charge in [0.15, 0.2) is 60.1 Å². The van der Waals surface area contributed by atoms with Gasteiger partial charge in [0.25, 0.3) is 0 Å². The number of halogens is 22. The molecule has 0 aliphatic carbocycles. The topological polar surface area (TPSA) is 247 Å². The van der Waals surface area contributed by atoms with Crippen molar-refractivity contribution in [3.05, 3.63) is 12.4 Å². The molecule has 15 nitrogen and oxygen atoms in total. The van der Waals surface area contributed by atoms with E-state index in [4.69, 9.17) is 0 Å². The molecule has 0 saturated carbocycles. The molecule has 1 heterocycles. The number of sulfonamides is 6. The van der Waals surface area contributed by atoms with E-state index >= 15 is 0 Å². The third-order valence-electron chi connectivity index (χ3n) is 3.86. The molecule has 1 aliphatic rings. The van der Waals surface area contributed by atoms with Gasteiger partial charge in [0.2, 0.25) is 0 Å². The monoisotopic (exact) mass is 952 g/mol. The lowest BCUT2D eigenvalue weighted by Crippen LogP contribution is -2.64. The molecule has 0 spiro atoms. The molecule has 1 rings (SSSR count). The summed E-state index contributed by atoms with van der Waals surface area (Å²) in [6, 6.07) is 0. The van der Waals surface area contributed by atoms with Gasteiger partial charge in [-0.25, -0.2) is 50.5 Å². The van der Waals surface area contributed by atoms with E-state index in [9.17, 15) is 147 Å². The van der Waals surface area contributed by atoms with Crippen LogP contribution in [0, 0.1) is 0 Å². The van der Waals surface area contributed by atoms with E-state index in [0.717, 1.165) is 8.25 Å². The Morgan fingerprint density at radius 2 is 0.596 bits per heavy atom. The molecule has 1 aliphatic heterocycles. The smallest absolute Gasteiger partial charge is 0.425 e. The zero-order chi connectivity index (χ0) is 43.6. The van der Waals surface area contributed by atoms with Crippen molar-refractivity contribution >= 4 is 60.1 Å². The Kier molecular flexibility index (Phi) is 13.7. The first-order valence-electron chi connectivity index (χ1n) is 9.48. The standard InChI is InChI=1S/C4F10NO4S2.C3F6NO4S2.C2F6NO4S2/c5-1(6,7)3(11,12)20(16,17)15-21(18,19)4(13,14)2(8,9)10;4-1(5)2(6,7)15(11,12)10-16(13,14)3(1,8)9;3-1(4,5)14(10,11)9-15(12,13)2(6,7)8/q3*-1. The van der Waals surface area contributed by atoms with Gasteiger partial charge in [0, 0.05) is 0 Å². The molecule has 0 aromatic rings. The van der Waals surface area contributed by atoms with Crippen molar-refractivity contribution in [2.45, 2.75) is 50.3 Å². The predicted molar refractivity (Wildman–Crippen MR) is 113 cm³/mol. The number of rotatable bonds is 6. The summed E-state index contributed by atoms with van der Waals surface area (Å²) < 4.78 is 387. The average molecular weight is 952 g/mol. The van der Waals surface area contributed by atoms with Gasteiger partial charge in [-0.2, -0.15) is 96.6 Å². The van der Waals surface area contributed by atoms with Crippen LogP contribution in [0.1, 0.15) is 0 Å². The van der Waals surface area contributed by atoms with Crippen LogP contribution >= 0.6 is 0 Å². The molecule has 0 amide bonds. The summed E-state index contributed by atoms with van der Waals surface area (Å²) in [7, 11) is -41.8. The van der Waals surface area contributed by atoms with Crippen LogP contribution in [-0.2, 0) is 60.1 Å². The second-order valence-corrected chi connectivity index (χ2v) is 18.1. The lowest BCUT2D eigenvalue weighted by atomic mass is 10.3. The summed E-state index contributed by atoms with van der Waals surface area (Å²) in [5.41, 5.74) is -12.4. The van der Waals surface area contributed by atoms with Gasteiger partial charge in [0.1, 0.15) is 0 Å². The molecule has 0 atom stereocenters. The molecule has 0 aromatic carbocycles. The second-order valence-electron chi connectivity index (χ2n) is 7.60. The number of alkyl halides is 22. The van der Waals surface area contributed by atoms with Crippen molar-refractivity contribution < 1.29 is 147 Å². The summed E-state index contributed by atoms with van der Waals surface area (Å²) in [5.74, 6) is -6.60. The zero-order valence-corrected chi connectivity index (χ0v) is 26.4. The molecule has 0 bridgehead atoms. The van der Waals surface area contributed by atoms with Crippen LogP contribution in [0.4, 0.5) is 96.6 Å². The van der Waals surface area contributed by atoms with Crippen LogP contribution in [-0.4, -0.2) is 101 Å². The average Bonchev–Trinajstić information content (AvgIpc) is 2.78. The van der Waals surface area contributed by atoms with E-state index in [0.29, 0.717) is 4.13 Å². The van der Waals surface area contributed by atoms with Crippen molar-refractivity contribution in [3.63, 3.8) is 0 Å². The maximum Gasteiger partial charge on any atom is 0.480 e. The predicted octanol–water partition coefficient (Wildman–Crippen LogP) is 4.24. The lowest BCUT2D eigenvalue weighted by Gasteiger charge is -2.42. The molecule has 0 unspecified atom stereocenters. The van der Waals surface area contributed by atoms with E-state index in [1.807, 2.05) is 0 Å². The van der Waals surface area contributed by atoms with E-state index in [-0.39, 0.29) is 0 Å². The minimum atomic E-state index is -7.62. The van der Waals surface area contributed by atoms with Gasteiger partial charge < -0.3 is 12.4 Å². The summed E-state index contributed by atoms with van der Waals surface area (Å²) in [6.07, 6.45) is -14.0. The Bertz CT molecular complexity index is 1870. The van der Waals surface area contributed by atoms with E-state index in [1.54, 1.807) is 0 Å². The number of hydrogen-bond acceptors (Lipinski definition) is 12. The highest BCUT2D eigenvalue weighted by molar-refractivity contribution is 8.14. The van der Waals surface area contributed by atoms with Crippen LogP contribution in [0.5, 0.6) is 0 Å². The summed E-state index contributed by atoms with van der Waals surface area (Å²) in [5, 5.41) is -26.6. The van der Waals surface area contributed by atoms with Gasteiger partial charge in [-0.3, -0.25) is 0 Å². The van der Waals surface area contributed by atoms with Gasteiger partial charge in [-0.1, -0.05) is 0 Å². The fraction of sp³-hybridized carbons (Fsp3) is 1.00. The van der Waals surface area contributed by atoms with Gasteiger partial charge in [-0.05, 0) is 0 Å². The first-order chi connectivity index (χ1) is 21.6. The molecular formula is C9F22N3O12S6-3. The van der Waals surface area contributed by atoms with E-state index in [1.165, 1.54) is 0 Å². The highest BCUT2D eigenvalue weighted by Crippen LogP contribution is 2.58. The first kappa shape index (κ1) is 52.1. The number of hydrogen-bond donors (Lipinski definition) is 0. The molecule has 0 aromatic heterocycles. The molecule has 52 heavy (non-hydrogen) atoms. The third kappa shape index (κ3) is 9.45. The van der Waals surface area contributed by atoms with Crippen LogP contribution in [0.25, 0.3) is 12.4 Å². The quantitative estimate of drug-likeness (QED) is 0.339. The molecule has 43 heteroatoms. The second kappa shape index (κ2) is 13.7. The molecule has 316 valence electrons. The molecule has 1 fully saturated rings. The Hall–Kier alpha value is -1.96. The minimum Gasteiger partial charge on any atom is -0.425 e. The molecule has 1 saturated heterocycles. The van der Waals surface area contributed by atoms with E-state index in [2.05, 4.69) is 0 Å². The summed E-state index contributed by atoms with van der Waals surface area (Å²) >= 11 is 0. The van der Waals surface area contributed by atoms with Gasteiger partial charge >= 0.3 is 50.3 Å². The summed E-state index contributed by atoms with van der Waals surface area (Å²) in [4.78, 5) is 0. The van der Waals surface area contributed by atoms with Crippen molar-refractivity contribution in [3.8, 4) is 0 Å². The fourth-order valence-corrected chi connectivity index (χ4v) is 8.27. The lowest BCUT2D eigenvalue weighted by molar-refractivity contribution is -0.244. The zero-order valence-electron chi connectivity index (χ0n) is 21.5.